The zero-order valence-corrected chi connectivity index (χ0v) is 68.9. The summed E-state index contributed by atoms with van der Waals surface area (Å²) in [5.74, 6) is 0.274. The summed E-state index contributed by atoms with van der Waals surface area (Å²) in [5.41, 5.74) is 0. The molecular weight excluding hydrogens is 1330 g/mol. The first kappa shape index (κ1) is 100. The largest absolute Gasteiger partial charge is 0.472 e. The van der Waals surface area contributed by atoms with Gasteiger partial charge >= 0.3 is 39.5 Å². The number of carbonyl (C=O) groups excluding carboxylic acids is 4. The normalized spacial score (nSPS) is 14.2. The van der Waals surface area contributed by atoms with Crippen LogP contribution in [0.5, 0.6) is 0 Å². The van der Waals surface area contributed by atoms with Crippen LogP contribution in [0.25, 0.3) is 0 Å². The molecule has 0 bridgehead atoms. The number of phosphoric ester groups is 2. The zero-order chi connectivity index (χ0) is 75.1. The third kappa shape index (κ3) is 74.9. The molecule has 0 spiro atoms. The minimum atomic E-state index is -4.96. The molecule has 0 amide bonds. The van der Waals surface area contributed by atoms with Gasteiger partial charge in [0.2, 0.25) is 0 Å². The van der Waals surface area contributed by atoms with Gasteiger partial charge in [-0.05, 0) is 43.4 Å². The summed E-state index contributed by atoms with van der Waals surface area (Å²) in [5, 5.41) is 10.7. The van der Waals surface area contributed by atoms with Crippen molar-refractivity contribution in [2.24, 2.45) is 17.8 Å². The highest BCUT2D eigenvalue weighted by Crippen LogP contribution is 2.45. The third-order valence-electron chi connectivity index (χ3n) is 19.7. The van der Waals surface area contributed by atoms with Crippen LogP contribution in [-0.4, -0.2) is 96.7 Å². The van der Waals surface area contributed by atoms with Gasteiger partial charge in [-0.1, -0.05) is 382 Å². The molecular formula is C83H162O17P2. The molecule has 0 saturated heterocycles. The maximum Gasteiger partial charge on any atom is 0.472 e. The lowest BCUT2D eigenvalue weighted by Gasteiger charge is -2.21. The fourth-order valence-electron chi connectivity index (χ4n) is 12.8. The predicted molar refractivity (Wildman–Crippen MR) is 418 cm³/mol. The van der Waals surface area contributed by atoms with E-state index in [1.54, 1.807) is 0 Å². The second kappa shape index (κ2) is 73.2. The lowest BCUT2D eigenvalue weighted by Crippen LogP contribution is -2.30. The minimum absolute atomic E-state index is 0.108. The van der Waals surface area contributed by atoms with Crippen molar-refractivity contribution in [2.75, 3.05) is 39.6 Å². The highest BCUT2D eigenvalue weighted by atomic mass is 31.2. The van der Waals surface area contributed by atoms with Crippen molar-refractivity contribution < 1.29 is 80.2 Å². The first-order valence-electron chi connectivity index (χ1n) is 42.9. The molecule has 0 radical (unpaired) electrons. The lowest BCUT2D eigenvalue weighted by molar-refractivity contribution is -0.161. The molecule has 3 unspecified atom stereocenters. The number of phosphoric acid groups is 2. The number of rotatable bonds is 81. The summed E-state index contributed by atoms with van der Waals surface area (Å²) >= 11 is 0. The van der Waals surface area contributed by atoms with Crippen molar-refractivity contribution in [1.82, 2.24) is 0 Å². The van der Waals surface area contributed by atoms with E-state index in [0.29, 0.717) is 25.7 Å². The van der Waals surface area contributed by atoms with Crippen molar-refractivity contribution >= 4 is 39.5 Å². The molecule has 0 aromatic carbocycles. The quantitative estimate of drug-likeness (QED) is 0.0222. The minimum Gasteiger partial charge on any atom is -0.462 e. The van der Waals surface area contributed by atoms with Crippen LogP contribution in [0.2, 0.25) is 0 Å². The monoisotopic (exact) mass is 1490 g/mol. The topological polar surface area (TPSA) is 237 Å². The van der Waals surface area contributed by atoms with Crippen molar-refractivity contribution in [3.05, 3.63) is 0 Å². The fraction of sp³-hybridized carbons (Fsp3) is 0.952. The Balaban J connectivity index is 5.27. The van der Waals surface area contributed by atoms with Gasteiger partial charge in [-0.3, -0.25) is 37.3 Å². The van der Waals surface area contributed by atoms with Gasteiger partial charge in [0.1, 0.15) is 19.3 Å². The third-order valence-corrected chi connectivity index (χ3v) is 21.6. The van der Waals surface area contributed by atoms with Gasteiger partial charge in [0.05, 0.1) is 26.4 Å². The van der Waals surface area contributed by atoms with Crippen molar-refractivity contribution in [3.8, 4) is 0 Å². The molecule has 0 saturated carbocycles. The van der Waals surface area contributed by atoms with Crippen LogP contribution in [-0.2, 0) is 65.4 Å². The molecule has 0 aliphatic rings. The Morgan fingerprint density at radius 1 is 0.284 bits per heavy atom. The number of hydrogen-bond donors (Lipinski definition) is 3. The van der Waals surface area contributed by atoms with Gasteiger partial charge in [0, 0.05) is 25.7 Å². The summed E-state index contributed by atoms with van der Waals surface area (Å²) in [7, 11) is -9.93. The molecule has 0 rings (SSSR count). The van der Waals surface area contributed by atoms with Gasteiger partial charge in [-0.15, -0.1) is 0 Å². The summed E-state index contributed by atoms with van der Waals surface area (Å²) in [6.07, 6.45) is 62.3. The zero-order valence-electron chi connectivity index (χ0n) is 67.1. The highest BCUT2D eigenvalue weighted by molar-refractivity contribution is 7.47. The van der Waals surface area contributed by atoms with Crippen LogP contribution in [0.4, 0.5) is 0 Å². The molecule has 0 aliphatic carbocycles. The Bertz CT molecular complexity index is 1980. The Hall–Kier alpha value is -1.94. The molecule has 0 fully saturated rings. The van der Waals surface area contributed by atoms with Gasteiger partial charge in [-0.2, -0.15) is 0 Å². The van der Waals surface area contributed by atoms with E-state index in [-0.39, 0.29) is 25.7 Å². The van der Waals surface area contributed by atoms with Crippen molar-refractivity contribution in [2.45, 2.75) is 452 Å². The van der Waals surface area contributed by atoms with Gasteiger partial charge in [0.15, 0.2) is 12.2 Å². The van der Waals surface area contributed by atoms with Crippen LogP contribution in [0.1, 0.15) is 434 Å². The summed E-state index contributed by atoms with van der Waals surface area (Å²) in [6, 6.07) is 0. The molecule has 0 aliphatic heterocycles. The van der Waals surface area contributed by atoms with E-state index in [1.807, 2.05) is 0 Å². The highest BCUT2D eigenvalue weighted by Gasteiger charge is 2.30. The number of hydrogen-bond acceptors (Lipinski definition) is 15. The number of carbonyl (C=O) groups is 4. The molecule has 17 nitrogen and oxygen atoms in total. The fourth-order valence-corrected chi connectivity index (χ4v) is 14.4. The number of esters is 4. The van der Waals surface area contributed by atoms with Crippen molar-refractivity contribution in [3.63, 3.8) is 0 Å². The smallest absolute Gasteiger partial charge is 0.462 e. The van der Waals surface area contributed by atoms with Gasteiger partial charge < -0.3 is 33.8 Å². The van der Waals surface area contributed by atoms with Crippen LogP contribution < -0.4 is 0 Å². The average molecular weight is 1490 g/mol. The number of aliphatic hydroxyl groups is 1. The van der Waals surface area contributed by atoms with E-state index in [2.05, 4.69) is 48.5 Å². The average Bonchev–Trinajstić information content (AvgIpc) is 0.910. The maximum atomic E-state index is 13.1. The first-order chi connectivity index (χ1) is 49.3. The second-order valence-corrected chi connectivity index (χ2v) is 34.0. The number of unbranched alkanes of at least 4 members (excludes halogenated alkanes) is 48. The molecule has 606 valence electrons. The van der Waals surface area contributed by atoms with Crippen LogP contribution in [0.3, 0.4) is 0 Å². The molecule has 0 heterocycles. The van der Waals surface area contributed by atoms with Gasteiger partial charge in [-0.25, -0.2) is 9.13 Å². The van der Waals surface area contributed by atoms with Crippen LogP contribution in [0, 0.1) is 17.8 Å². The number of aliphatic hydroxyl groups excluding tert-OH is 1. The Kier molecular flexibility index (Phi) is 71.8. The van der Waals surface area contributed by atoms with Crippen molar-refractivity contribution in [1.29, 1.82) is 0 Å². The van der Waals surface area contributed by atoms with Crippen LogP contribution in [0.15, 0.2) is 0 Å². The molecule has 102 heavy (non-hydrogen) atoms. The number of ether oxygens (including phenoxy) is 4. The lowest BCUT2D eigenvalue weighted by atomic mass is 9.99. The summed E-state index contributed by atoms with van der Waals surface area (Å²) in [6.45, 7) is 12.0. The molecule has 0 aromatic heterocycles. The molecule has 0 aromatic rings. The Morgan fingerprint density at radius 2 is 0.500 bits per heavy atom. The van der Waals surface area contributed by atoms with E-state index in [0.717, 1.165) is 108 Å². The first-order valence-corrected chi connectivity index (χ1v) is 45.9. The van der Waals surface area contributed by atoms with E-state index >= 15 is 0 Å². The second-order valence-electron chi connectivity index (χ2n) is 31.1. The maximum absolute atomic E-state index is 13.1. The van der Waals surface area contributed by atoms with Crippen LogP contribution >= 0.6 is 15.6 Å². The standard InChI is InChI=1S/C83H162O17P2/c1-8-10-11-12-13-14-15-16-17-18-24-30-37-45-52-59-66-82(87)100-79(71-94-81(86)65-58-51-44-39-32-34-41-48-55-62-75(5)6)73-98-102(91,92)96-69-77(84)68-95-101(89,90)97-72-78(70-93-80(85)64-57-50-43-36-29-26-21-22-27-33-40-47-54-61-74(3)4)99-83(88)67-60-53-46-38-31-25-20-19-23-28-35-42-49-56-63-76(7)9-2/h74-79,84H,8-73H2,1-7H3,(H,89,90)(H,91,92)/t76?,77-,78-,79-/m1/s1. The summed E-state index contributed by atoms with van der Waals surface area (Å²) < 4.78 is 68.8. The molecule has 19 heteroatoms. The van der Waals surface area contributed by atoms with E-state index in [9.17, 15) is 43.2 Å². The van der Waals surface area contributed by atoms with E-state index < -0.39 is 97.5 Å². The molecule has 3 N–H and O–H groups in total. The van der Waals surface area contributed by atoms with E-state index in [1.165, 1.54) is 244 Å². The SMILES string of the molecule is CCCCCCCCCCCCCCCCCCC(=O)O[C@H](COC(=O)CCCCCCCCCCCC(C)C)COP(=O)(O)OC[C@H](O)COP(=O)(O)OC[C@@H](COC(=O)CCCCCCCCCCCCCCCC(C)C)OC(=O)CCCCCCCCCCCCCCCCC(C)CC. The van der Waals surface area contributed by atoms with E-state index in [4.69, 9.17) is 37.0 Å². The van der Waals surface area contributed by atoms with Gasteiger partial charge in [0.25, 0.3) is 0 Å². The Morgan fingerprint density at radius 3 is 0.745 bits per heavy atom. The summed E-state index contributed by atoms with van der Waals surface area (Å²) in [4.78, 5) is 73.2. The Labute approximate surface area is 626 Å². The molecule has 6 atom stereocenters. The predicted octanol–water partition coefficient (Wildman–Crippen LogP) is 24.9.